The monoisotopic (exact) mass is 303 g/mol. The van der Waals surface area contributed by atoms with Crippen molar-refractivity contribution in [2.75, 3.05) is 0 Å². The summed E-state index contributed by atoms with van der Waals surface area (Å²) in [5.74, 6) is -0.692. The molecule has 1 atom stereocenters. The molecule has 0 saturated heterocycles. The summed E-state index contributed by atoms with van der Waals surface area (Å²) in [5.41, 5.74) is 1.70. The number of rotatable bonds is 4. The Bertz CT molecular complexity index is 655. The number of nitrogens with one attached hydrogen (secondary N) is 1. The van der Waals surface area contributed by atoms with Gasteiger partial charge in [0.05, 0.1) is 11.1 Å². The summed E-state index contributed by atoms with van der Waals surface area (Å²) in [6.45, 7) is 1.91. The molecule has 0 radical (unpaired) electrons. The van der Waals surface area contributed by atoms with Gasteiger partial charge in [-0.15, -0.1) is 0 Å². The van der Waals surface area contributed by atoms with E-state index in [1.165, 1.54) is 18.2 Å². The van der Waals surface area contributed by atoms with E-state index < -0.39 is 5.82 Å². The first-order chi connectivity index (χ1) is 10.1. The second kappa shape index (κ2) is 7.04. The number of hydrogen-bond donors (Lipinski definition) is 1. The average molecular weight is 304 g/mol. The zero-order valence-electron chi connectivity index (χ0n) is 11.5. The van der Waals surface area contributed by atoms with Gasteiger partial charge in [-0.2, -0.15) is 0 Å². The molecule has 4 heteroatoms. The fraction of sp³-hybridized carbons (Fsp3) is 0.118. The zero-order chi connectivity index (χ0) is 15.2. The van der Waals surface area contributed by atoms with Crippen LogP contribution < -0.4 is 5.32 Å². The molecule has 1 N–H and O–H groups in total. The van der Waals surface area contributed by atoms with Gasteiger partial charge in [0, 0.05) is 6.08 Å². The first-order valence-corrected chi connectivity index (χ1v) is 6.92. The van der Waals surface area contributed by atoms with E-state index in [1.54, 1.807) is 12.1 Å². The molecule has 2 nitrogen and oxygen atoms in total. The molecular formula is C17H15ClFNO. The first-order valence-electron chi connectivity index (χ1n) is 6.55. The number of carbonyl (C=O) groups is 1. The number of halogens is 2. The minimum atomic E-state index is -0.476. The third kappa shape index (κ3) is 4.43. The van der Waals surface area contributed by atoms with E-state index in [-0.39, 0.29) is 17.0 Å². The molecule has 0 fully saturated rings. The van der Waals surface area contributed by atoms with Crippen LogP contribution in [-0.2, 0) is 4.79 Å². The van der Waals surface area contributed by atoms with Crippen LogP contribution in [0.4, 0.5) is 4.39 Å². The van der Waals surface area contributed by atoms with Crippen LogP contribution in [0.25, 0.3) is 6.08 Å². The Morgan fingerprint density at radius 2 is 1.95 bits per heavy atom. The van der Waals surface area contributed by atoms with E-state index >= 15 is 0 Å². The molecule has 108 valence electrons. The van der Waals surface area contributed by atoms with E-state index in [0.29, 0.717) is 5.56 Å². The Balaban J connectivity index is 1.98. The first kappa shape index (κ1) is 15.3. The van der Waals surface area contributed by atoms with Gasteiger partial charge >= 0.3 is 0 Å². The smallest absolute Gasteiger partial charge is 0.244 e. The largest absolute Gasteiger partial charge is 0.346 e. The normalized spacial score (nSPS) is 12.3. The molecule has 0 spiro atoms. The fourth-order valence-corrected chi connectivity index (χ4v) is 2.06. The second-order valence-corrected chi connectivity index (χ2v) is 5.06. The summed E-state index contributed by atoms with van der Waals surface area (Å²) in [6, 6.07) is 13.9. The van der Waals surface area contributed by atoms with Crippen molar-refractivity contribution in [1.82, 2.24) is 5.32 Å². The van der Waals surface area contributed by atoms with Crippen LogP contribution in [0.15, 0.2) is 54.6 Å². The zero-order valence-corrected chi connectivity index (χ0v) is 12.3. The van der Waals surface area contributed by atoms with Gasteiger partial charge in [0.25, 0.3) is 0 Å². The Kier molecular flexibility index (Phi) is 5.12. The van der Waals surface area contributed by atoms with Crippen LogP contribution in [0.5, 0.6) is 0 Å². The Morgan fingerprint density at radius 1 is 1.24 bits per heavy atom. The summed E-state index contributed by atoms with van der Waals surface area (Å²) in [6.07, 6.45) is 3.00. The van der Waals surface area contributed by atoms with Gasteiger partial charge in [-0.05, 0) is 36.3 Å². The number of hydrogen-bond acceptors (Lipinski definition) is 1. The quantitative estimate of drug-likeness (QED) is 0.835. The SMILES string of the molecule is C[C@@H](NC(=O)/C=C/c1ccc(F)c(Cl)c1)c1ccccc1. The van der Waals surface area contributed by atoms with Crippen LogP contribution in [0.1, 0.15) is 24.1 Å². The predicted octanol–water partition coefficient (Wildman–Crippen LogP) is 4.37. The highest BCUT2D eigenvalue weighted by atomic mass is 35.5. The predicted molar refractivity (Wildman–Crippen MR) is 83.4 cm³/mol. The molecule has 0 unspecified atom stereocenters. The molecule has 2 rings (SSSR count). The standard InChI is InChI=1S/C17H15ClFNO/c1-12(14-5-3-2-4-6-14)20-17(21)10-8-13-7-9-16(19)15(18)11-13/h2-12H,1H3,(H,20,21)/b10-8+/t12-/m1/s1. The molecule has 2 aromatic carbocycles. The van der Waals surface area contributed by atoms with Gasteiger partial charge in [0.2, 0.25) is 5.91 Å². The summed E-state index contributed by atoms with van der Waals surface area (Å²) in [7, 11) is 0. The molecule has 1 amide bonds. The van der Waals surface area contributed by atoms with E-state index in [2.05, 4.69) is 5.32 Å². The van der Waals surface area contributed by atoms with Crippen LogP contribution in [0, 0.1) is 5.82 Å². The van der Waals surface area contributed by atoms with Crippen molar-refractivity contribution in [2.45, 2.75) is 13.0 Å². The average Bonchev–Trinajstić information content (AvgIpc) is 2.49. The summed E-state index contributed by atoms with van der Waals surface area (Å²) >= 11 is 5.68. The maximum atomic E-state index is 13.0. The molecule has 21 heavy (non-hydrogen) atoms. The lowest BCUT2D eigenvalue weighted by Gasteiger charge is -2.12. The van der Waals surface area contributed by atoms with Crippen molar-refractivity contribution in [3.63, 3.8) is 0 Å². The molecule has 0 bridgehead atoms. The highest BCUT2D eigenvalue weighted by Crippen LogP contribution is 2.17. The number of benzene rings is 2. The number of carbonyl (C=O) groups excluding carboxylic acids is 1. The third-order valence-electron chi connectivity index (χ3n) is 3.03. The highest BCUT2D eigenvalue weighted by molar-refractivity contribution is 6.30. The second-order valence-electron chi connectivity index (χ2n) is 4.65. The third-order valence-corrected chi connectivity index (χ3v) is 3.32. The van der Waals surface area contributed by atoms with E-state index in [0.717, 1.165) is 5.56 Å². The molecule has 0 saturated carbocycles. The van der Waals surface area contributed by atoms with Crippen molar-refractivity contribution in [2.24, 2.45) is 0 Å². The molecule has 0 heterocycles. The van der Waals surface area contributed by atoms with Gasteiger partial charge in [-0.3, -0.25) is 4.79 Å². The van der Waals surface area contributed by atoms with Crippen molar-refractivity contribution in [1.29, 1.82) is 0 Å². The number of amides is 1. The molecule has 0 aliphatic carbocycles. The van der Waals surface area contributed by atoms with E-state index in [1.807, 2.05) is 37.3 Å². The van der Waals surface area contributed by atoms with Crippen LogP contribution >= 0.6 is 11.6 Å². The maximum absolute atomic E-state index is 13.0. The molecule has 0 aliphatic rings. The maximum Gasteiger partial charge on any atom is 0.244 e. The fourth-order valence-electron chi connectivity index (χ4n) is 1.87. The van der Waals surface area contributed by atoms with Gasteiger partial charge < -0.3 is 5.32 Å². The molecule has 0 aromatic heterocycles. The van der Waals surface area contributed by atoms with Crippen molar-refractivity contribution in [3.8, 4) is 0 Å². The summed E-state index contributed by atoms with van der Waals surface area (Å²) < 4.78 is 13.0. The van der Waals surface area contributed by atoms with Gasteiger partial charge in [-0.25, -0.2) is 4.39 Å². The molecule has 0 aliphatic heterocycles. The van der Waals surface area contributed by atoms with Crippen molar-refractivity contribution >= 4 is 23.6 Å². The minimum absolute atomic E-state index is 0.0372. The minimum Gasteiger partial charge on any atom is -0.346 e. The van der Waals surface area contributed by atoms with E-state index in [9.17, 15) is 9.18 Å². The van der Waals surface area contributed by atoms with Crippen molar-refractivity contribution < 1.29 is 9.18 Å². The van der Waals surface area contributed by atoms with Crippen molar-refractivity contribution in [3.05, 3.63) is 76.6 Å². The lowest BCUT2D eigenvalue weighted by atomic mass is 10.1. The van der Waals surface area contributed by atoms with Gasteiger partial charge in [0.15, 0.2) is 0 Å². The summed E-state index contributed by atoms with van der Waals surface area (Å²) in [4.78, 5) is 11.8. The van der Waals surface area contributed by atoms with Gasteiger partial charge in [0.1, 0.15) is 5.82 Å². The Morgan fingerprint density at radius 3 is 2.62 bits per heavy atom. The topological polar surface area (TPSA) is 29.1 Å². The highest BCUT2D eigenvalue weighted by Gasteiger charge is 2.06. The Hall–Kier alpha value is -2.13. The molecular weight excluding hydrogens is 289 g/mol. The van der Waals surface area contributed by atoms with Gasteiger partial charge in [-0.1, -0.05) is 48.0 Å². The van der Waals surface area contributed by atoms with E-state index in [4.69, 9.17) is 11.6 Å². The lowest BCUT2D eigenvalue weighted by Crippen LogP contribution is -2.24. The summed E-state index contributed by atoms with van der Waals surface area (Å²) in [5, 5.41) is 2.90. The lowest BCUT2D eigenvalue weighted by molar-refractivity contribution is -0.117. The Labute approximate surface area is 128 Å². The van der Waals surface area contributed by atoms with Crippen LogP contribution in [0.3, 0.4) is 0 Å². The van der Waals surface area contributed by atoms with Crippen LogP contribution in [0.2, 0.25) is 5.02 Å². The molecule has 2 aromatic rings. The van der Waals surface area contributed by atoms with Crippen LogP contribution in [-0.4, -0.2) is 5.91 Å².